The van der Waals surface area contributed by atoms with Crippen molar-refractivity contribution in [2.45, 2.75) is 30.0 Å². The van der Waals surface area contributed by atoms with Crippen LogP contribution in [0, 0.1) is 5.92 Å². The van der Waals surface area contributed by atoms with Gasteiger partial charge in [-0.1, -0.05) is 29.8 Å². The van der Waals surface area contributed by atoms with Gasteiger partial charge in [0.05, 0.1) is 0 Å². The molecule has 1 saturated heterocycles. The molecule has 0 spiro atoms. The molecule has 1 aromatic carbocycles. The molecule has 2 heterocycles. The summed E-state index contributed by atoms with van der Waals surface area (Å²) in [5.74, 6) is 0.202. The lowest BCUT2D eigenvalue weighted by Crippen LogP contribution is -2.39. The summed E-state index contributed by atoms with van der Waals surface area (Å²) in [5, 5.41) is 5.33. The first kappa shape index (κ1) is 19.4. The topological polar surface area (TPSA) is 66.5 Å². The van der Waals surface area contributed by atoms with Gasteiger partial charge in [0.2, 0.25) is 5.91 Å². The molecule has 1 aromatic heterocycles. The summed E-state index contributed by atoms with van der Waals surface area (Å²) >= 11 is 7.17. The summed E-state index contributed by atoms with van der Waals surface area (Å²) in [6, 6.07) is 10.8. The largest absolute Gasteiger partial charge is 0.352 e. The number of nitrogens with one attached hydrogen (secondary N) is 1. The van der Waals surface area contributed by atoms with Gasteiger partial charge in [-0.15, -0.1) is 11.3 Å². The molecular weight excluding hydrogens is 392 g/mol. The van der Waals surface area contributed by atoms with Gasteiger partial charge < -0.3 is 5.32 Å². The van der Waals surface area contributed by atoms with Crippen molar-refractivity contribution >= 4 is 38.9 Å². The van der Waals surface area contributed by atoms with Crippen LogP contribution in [0.3, 0.4) is 0 Å². The highest BCUT2D eigenvalue weighted by atomic mass is 35.5. The molecule has 1 amide bonds. The molecule has 1 aliphatic heterocycles. The van der Waals surface area contributed by atoms with Crippen molar-refractivity contribution in [2.24, 2.45) is 5.92 Å². The molecule has 1 fully saturated rings. The van der Waals surface area contributed by atoms with Gasteiger partial charge in [0, 0.05) is 31.1 Å². The number of hydrogen-bond donors (Lipinski definition) is 1. The minimum Gasteiger partial charge on any atom is -0.352 e. The summed E-state index contributed by atoms with van der Waals surface area (Å²) in [4.78, 5) is 12.2. The molecular formula is C18H21ClN2O3S2. The van der Waals surface area contributed by atoms with Gasteiger partial charge in [-0.05, 0) is 47.9 Å². The van der Waals surface area contributed by atoms with E-state index in [-0.39, 0.29) is 11.8 Å². The molecule has 1 N–H and O–H groups in total. The summed E-state index contributed by atoms with van der Waals surface area (Å²) in [7, 11) is -3.38. The highest BCUT2D eigenvalue weighted by Gasteiger charge is 2.30. The Morgan fingerprint density at radius 3 is 2.65 bits per heavy atom. The fourth-order valence-corrected chi connectivity index (χ4v) is 5.90. The van der Waals surface area contributed by atoms with Crippen LogP contribution in [0.1, 0.15) is 24.8 Å². The monoisotopic (exact) mass is 412 g/mol. The molecule has 1 aliphatic rings. The number of benzene rings is 1. The Labute approximate surface area is 163 Å². The van der Waals surface area contributed by atoms with Crippen LogP contribution in [-0.2, 0) is 21.4 Å². The van der Waals surface area contributed by atoms with Crippen molar-refractivity contribution in [1.82, 2.24) is 9.62 Å². The number of rotatable bonds is 6. The van der Waals surface area contributed by atoms with Crippen LogP contribution in [-0.4, -0.2) is 31.7 Å². The van der Waals surface area contributed by atoms with Crippen LogP contribution in [0.25, 0.3) is 0 Å². The highest BCUT2D eigenvalue weighted by Crippen LogP contribution is 2.27. The van der Waals surface area contributed by atoms with E-state index in [4.69, 9.17) is 11.6 Å². The Morgan fingerprint density at radius 1 is 1.23 bits per heavy atom. The molecule has 0 saturated carbocycles. The van der Waals surface area contributed by atoms with Crippen molar-refractivity contribution in [1.29, 1.82) is 0 Å². The molecule has 26 heavy (non-hydrogen) atoms. The summed E-state index contributed by atoms with van der Waals surface area (Å²) in [6.45, 7) is 1.38. The lowest BCUT2D eigenvalue weighted by Gasteiger charge is -2.30. The van der Waals surface area contributed by atoms with Crippen molar-refractivity contribution < 1.29 is 13.2 Å². The zero-order chi connectivity index (χ0) is 18.6. The summed E-state index contributed by atoms with van der Waals surface area (Å²) in [5.41, 5.74) is 0.961. The molecule has 8 heteroatoms. The average Bonchev–Trinajstić information content (AvgIpc) is 3.16. The maximum Gasteiger partial charge on any atom is 0.252 e. The Bertz CT molecular complexity index is 845. The fourth-order valence-electron chi connectivity index (χ4n) is 3.07. The number of nitrogens with zero attached hydrogens (tertiary/aromatic N) is 1. The summed E-state index contributed by atoms with van der Waals surface area (Å²) in [6.07, 6.45) is 1.83. The van der Waals surface area contributed by atoms with Crippen LogP contribution in [0.2, 0.25) is 5.02 Å². The van der Waals surface area contributed by atoms with Gasteiger partial charge >= 0.3 is 0 Å². The van der Waals surface area contributed by atoms with E-state index in [1.807, 2.05) is 18.2 Å². The van der Waals surface area contributed by atoms with E-state index in [9.17, 15) is 13.2 Å². The number of sulfonamides is 1. The van der Waals surface area contributed by atoms with Crippen LogP contribution < -0.4 is 5.32 Å². The van der Waals surface area contributed by atoms with Crippen LogP contribution in [0.15, 0.2) is 46.0 Å². The quantitative estimate of drug-likeness (QED) is 0.789. The molecule has 3 rings (SSSR count). The standard InChI is InChI=1S/C18H21ClN2O3S2/c19-16-4-1-3-15(11-16)13-20-17(22)12-14-6-8-21(9-7-14)26(23,24)18-5-2-10-25-18/h1-5,10-11,14H,6-9,12-13H2,(H,20,22). The number of carbonyl (C=O) groups excluding carboxylic acids is 1. The number of amides is 1. The van der Waals surface area contributed by atoms with E-state index in [0.717, 1.165) is 5.56 Å². The Morgan fingerprint density at radius 2 is 2.00 bits per heavy atom. The van der Waals surface area contributed by atoms with Gasteiger partial charge in [-0.3, -0.25) is 4.79 Å². The predicted molar refractivity (Wildman–Crippen MR) is 104 cm³/mol. The zero-order valence-electron chi connectivity index (χ0n) is 14.2. The second kappa shape index (κ2) is 8.52. The van der Waals surface area contributed by atoms with Gasteiger partial charge in [0.15, 0.2) is 0 Å². The molecule has 5 nitrogen and oxygen atoms in total. The first-order valence-corrected chi connectivity index (χ1v) is 11.2. The predicted octanol–water partition coefficient (Wildman–Crippen LogP) is 3.51. The minimum absolute atomic E-state index is 0.00969. The second-order valence-electron chi connectivity index (χ2n) is 6.39. The Kier molecular flexibility index (Phi) is 6.34. The Balaban J connectivity index is 1.46. The van der Waals surface area contributed by atoms with Crippen LogP contribution in [0.5, 0.6) is 0 Å². The number of hydrogen-bond acceptors (Lipinski definition) is 4. The van der Waals surface area contributed by atoms with Gasteiger partial charge in [0.1, 0.15) is 4.21 Å². The average molecular weight is 413 g/mol. The van der Waals surface area contributed by atoms with E-state index in [1.165, 1.54) is 15.6 Å². The lowest BCUT2D eigenvalue weighted by molar-refractivity contribution is -0.122. The SMILES string of the molecule is O=C(CC1CCN(S(=O)(=O)c2cccs2)CC1)NCc1cccc(Cl)c1. The van der Waals surface area contributed by atoms with Gasteiger partial charge in [0.25, 0.3) is 10.0 Å². The third kappa shape index (κ3) is 4.85. The molecule has 0 unspecified atom stereocenters. The zero-order valence-corrected chi connectivity index (χ0v) is 16.6. The van der Waals surface area contributed by atoms with Crippen LogP contribution in [0.4, 0.5) is 0 Å². The number of piperidine rings is 1. The van der Waals surface area contributed by atoms with Gasteiger partial charge in [-0.2, -0.15) is 4.31 Å². The van der Waals surface area contributed by atoms with E-state index in [1.54, 1.807) is 23.6 Å². The molecule has 0 aliphatic carbocycles. The molecule has 0 atom stereocenters. The van der Waals surface area contributed by atoms with Crippen molar-refractivity contribution in [2.75, 3.05) is 13.1 Å². The molecule has 140 valence electrons. The fraction of sp³-hybridized carbons (Fsp3) is 0.389. The maximum atomic E-state index is 12.5. The van der Waals surface area contributed by atoms with Crippen LogP contribution >= 0.6 is 22.9 Å². The normalized spacial score (nSPS) is 16.5. The lowest BCUT2D eigenvalue weighted by atomic mass is 9.94. The van der Waals surface area contributed by atoms with Crippen molar-refractivity contribution in [3.05, 3.63) is 52.4 Å². The first-order chi connectivity index (χ1) is 12.4. The number of carbonyl (C=O) groups is 1. The summed E-state index contributed by atoms with van der Waals surface area (Å²) < 4.78 is 26.9. The highest BCUT2D eigenvalue weighted by molar-refractivity contribution is 7.91. The van der Waals surface area contributed by atoms with Crippen molar-refractivity contribution in [3.8, 4) is 0 Å². The maximum absolute atomic E-state index is 12.5. The van der Waals surface area contributed by atoms with E-state index in [0.29, 0.717) is 48.1 Å². The number of thiophene rings is 1. The second-order valence-corrected chi connectivity index (χ2v) is 9.94. The van der Waals surface area contributed by atoms with E-state index >= 15 is 0 Å². The third-order valence-corrected chi connectivity index (χ3v) is 8.02. The van der Waals surface area contributed by atoms with E-state index < -0.39 is 10.0 Å². The molecule has 0 radical (unpaired) electrons. The minimum atomic E-state index is -3.38. The van der Waals surface area contributed by atoms with Crippen molar-refractivity contribution in [3.63, 3.8) is 0 Å². The number of halogens is 1. The molecule has 0 bridgehead atoms. The first-order valence-electron chi connectivity index (χ1n) is 8.50. The van der Waals surface area contributed by atoms with Gasteiger partial charge in [-0.25, -0.2) is 8.42 Å². The smallest absolute Gasteiger partial charge is 0.252 e. The van der Waals surface area contributed by atoms with E-state index in [2.05, 4.69) is 5.32 Å². The third-order valence-electron chi connectivity index (χ3n) is 4.52. The Hall–Kier alpha value is -1.41. The molecule has 2 aromatic rings.